The maximum absolute atomic E-state index is 9.38. The first kappa shape index (κ1) is 9.42. The maximum atomic E-state index is 9.38. The Morgan fingerprint density at radius 2 is 2.08 bits per heavy atom. The third-order valence-corrected chi connectivity index (χ3v) is 2.15. The summed E-state index contributed by atoms with van der Waals surface area (Å²) >= 11 is 4.08. The molecule has 0 atom stereocenters. The zero-order valence-electron chi connectivity index (χ0n) is 6.91. The Hall–Kier alpha value is -0.670. The van der Waals surface area contributed by atoms with Crippen molar-refractivity contribution in [1.82, 2.24) is 0 Å². The molecule has 0 aliphatic heterocycles. The van der Waals surface area contributed by atoms with E-state index in [0.717, 1.165) is 12.0 Å². The largest absolute Gasteiger partial charge is 0.506 e. The summed E-state index contributed by atoms with van der Waals surface area (Å²) in [4.78, 5) is 0.526. The highest BCUT2D eigenvalue weighted by molar-refractivity contribution is 7.80. The average molecular weight is 184 g/mol. The first-order chi connectivity index (χ1) is 5.69. The fourth-order valence-electron chi connectivity index (χ4n) is 1.07. The summed E-state index contributed by atoms with van der Waals surface area (Å²) in [7, 11) is 0. The van der Waals surface area contributed by atoms with Crippen molar-refractivity contribution in [2.24, 2.45) is 0 Å². The molecule has 0 aliphatic carbocycles. The van der Waals surface area contributed by atoms with Gasteiger partial charge in [0.25, 0.3) is 0 Å². The molecule has 2 N–H and O–H groups in total. The molecule has 12 heavy (non-hydrogen) atoms. The number of benzene rings is 1. The van der Waals surface area contributed by atoms with Gasteiger partial charge in [-0.05, 0) is 24.1 Å². The molecular weight excluding hydrogens is 172 g/mol. The van der Waals surface area contributed by atoms with Gasteiger partial charge < -0.3 is 10.2 Å². The summed E-state index contributed by atoms with van der Waals surface area (Å²) in [5.41, 5.74) is 1.61. The minimum atomic E-state index is -0.146. The van der Waals surface area contributed by atoms with Crippen molar-refractivity contribution in [3.8, 4) is 5.75 Å². The third kappa shape index (κ3) is 1.73. The Bertz CT molecular complexity index is 284. The van der Waals surface area contributed by atoms with Gasteiger partial charge in [0, 0.05) is 10.5 Å². The molecule has 1 aromatic carbocycles. The quantitative estimate of drug-likeness (QED) is 0.613. The highest BCUT2D eigenvalue weighted by atomic mass is 32.1. The highest BCUT2D eigenvalue weighted by Crippen LogP contribution is 2.27. The molecule has 0 saturated carbocycles. The molecule has 1 aromatic rings. The smallest absolute Gasteiger partial charge is 0.134 e. The second-order valence-electron chi connectivity index (χ2n) is 2.63. The maximum Gasteiger partial charge on any atom is 0.134 e. The van der Waals surface area contributed by atoms with Gasteiger partial charge in [0.15, 0.2) is 0 Å². The first-order valence-corrected chi connectivity index (χ1v) is 4.28. The van der Waals surface area contributed by atoms with Crippen molar-refractivity contribution in [2.45, 2.75) is 24.8 Å². The highest BCUT2D eigenvalue weighted by Gasteiger charge is 2.05. The van der Waals surface area contributed by atoms with Gasteiger partial charge in [-0.3, -0.25) is 0 Å². The van der Waals surface area contributed by atoms with E-state index in [0.29, 0.717) is 10.5 Å². The van der Waals surface area contributed by atoms with Crippen LogP contribution in [0.1, 0.15) is 18.1 Å². The van der Waals surface area contributed by atoms with Crippen molar-refractivity contribution in [2.75, 3.05) is 0 Å². The van der Waals surface area contributed by atoms with Gasteiger partial charge in [-0.25, -0.2) is 0 Å². The summed E-state index contributed by atoms with van der Waals surface area (Å²) in [5.74, 6) is 0.0815. The van der Waals surface area contributed by atoms with Crippen LogP contribution in [-0.4, -0.2) is 10.2 Å². The lowest BCUT2D eigenvalue weighted by Gasteiger charge is -2.06. The van der Waals surface area contributed by atoms with E-state index in [-0.39, 0.29) is 12.4 Å². The SMILES string of the molecule is CCc1cc(S)c(O)c(CO)c1. The van der Waals surface area contributed by atoms with Crippen molar-refractivity contribution in [3.63, 3.8) is 0 Å². The van der Waals surface area contributed by atoms with Crippen LogP contribution in [0.5, 0.6) is 5.75 Å². The molecule has 66 valence electrons. The van der Waals surface area contributed by atoms with E-state index in [2.05, 4.69) is 12.6 Å². The predicted octanol–water partition coefficient (Wildman–Crippen LogP) is 1.74. The zero-order valence-corrected chi connectivity index (χ0v) is 7.80. The van der Waals surface area contributed by atoms with Crippen LogP contribution in [0.15, 0.2) is 17.0 Å². The Morgan fingerprint density at radius 1 is 1.42 bits per heavy atom. The van der Waals surface area contributed by atoms with Crippen molar-refractivity contribution in [3.05, 3.63) is 23.3 Å². The van der Waals surface area contributed by atoms with E-state index in [1.807, 2.05) is 6.92 Å². The van der Waals surface area contributed by atoms with Gasteiger partial charge in [0.05, 0.1) is 6.61 Å². The molecule has 2 nitrogen and oxygen atoms in total. The monoisotopic (exact) mass is 184 g/mol. The fraction of sp³-hybridized carbons (Fsp3) is 0.333. The summed E-state index contributed by atoms with van der Waals surface area (Å²) in [6.07, 6.45) is 0.876. The van der Waals surface area contributed by atoms with Crippen molar-refractivity contribution >= 4 is 12.6 Å². The molecule has 0 fully saturated rings. The molecule has 0 radical (unpaired) electrons. The molecule has 0 spiro atoms. The lowest BCUT2D eigenvalue weighted by Crippen LogP contribution is -1.89. The molecule has 1 rings (SSSR count). The molecule has 3 heteroatoms. The molecule has 0 unspecified atom stereocenters. The summed E-state index contributed by atoms with van der Waals surface area (Å²) in [6.45, 7) is 1.87. The minimum Gasteiger partial charge on any atom is -0.506 e. The van der Waals surface area contributed by atoms with E-state index in [1.54, 1.807) is 12.1 Å². The molecule has 0 amide bonds. The molecule has 0 heterocycles. The van der Waals surface area contributed by atoms with Crippen LogP contribution in [0.2, 0.25) is 0 Å². The standard InChI is InChI=1S/C9H12O2S/c1-2-6-3-7(5-10)9(11)8(12)4-6/h3-4,10-12H,2,5H2,1H3. The molecule has 0 saturated heterocycles. The van der Waals surface area contributed by atoms with E-state index in [4.69, 9.17) is 5.11 Å². The number of rotatable bonds is 2. The Kier molecular flexibility index (Phi) is 3.00. The predicted molar refractivity (Wildman–Crippen MR) is 50.7 cm³/mol. The Labute approximate surface area is 77.3 Å². The van der Waals surface area contributed by atoms with Crippen LogP contribution in [0.25, 0.3) is 0 Å². The number of thiol groups is 1. The topological polar surface area (TPSA) is 40.5 Å². The Morgan fingerprint density at radius 3 is 2.58 bits per heavy atom. The number of phenols is 1. The number of aliphatic hydroxyl groups excluding tert-OH is 1. The fourth-order valence-corrected chi connectivity index (χ4v) is 1.38. The van der Waals surface area contributed by atoms with Crippen LogP contribution in [0, 0.1) is 0 Å². The number of aromatic hydroxyl groups is 1. The number of hydrogen-bond donors (Lipinski definition) is 3. The van der Waals surface area contributed by atoms with Gasteiger partial charge in [-0.1, -0.05) is 6.92 Å². The second kappa shape index (κ2) is 3.83. The summed E-state index contributed by atoms with van der Waals surface area (Å²) in [5, 5.41) is 18.3. The number of aliphatic hydroxyl groups is 1. The van der Waals surface area contributed by atoms with Crippen LogP contribution in [0.3, 0.4) is 0 Å². The lowest BCUT2D eigenvalue weighted by molar-refractivity contribution is 0.274. The Balaban J connectivity index is 3.19. The van der Waals surface area contributed by atoms with Gasteiger partial charge in [-0.2, -0.15) is 0 Å². The van der Waals surface area contributed by atoms with Crippen molar-refractivity contribution < 1.29 is 10.2 Å². The molecule has 0 bridgehead atoms. The van der Waals surface area contributed by atoms with E-state index >= 15 is 0 Å². The van der Waals surface area contributed by atoms with Crippen molar-refractivity contribution in [1.29, 1.82) is 0 Å². The van der Waals surface area contributed by atoms with E-state index in [9.17, 15) is 5.11 Å². The number of aryl methyl sites for hydroxylation is 1. The second-order valence-corrected chi connectivity index (χ2v) is 3.12. The van der Waals surface area contributed by atoms with Crippen LogP contribution in [0.4, 0.5) is 0 Å². The molecule has 0 aromatic heterocycles. The van der Waals surface area contributed by atoms with Gasteiger partial charge in [0.2, 0.25) is 0 Å². The first-order valence-electron chi connectivity index (χ1n) is 3.83. The zero-order chi connectivity index (χ0) is 9.14. The van der Waals surface area contributed by atoms with Crippen LogP contribution >= 0.6 is 12.6 Å². The average Bonchev–Trinajstić information content (AvgIpc) is 2.09. The number of hydrogen-bond acceptors (Lipinski definition) is 3. The third-order valence-electron chi connectivity index (χ3n) is 1.81. The van der Waals surface area contributed by atoms with Crippen LogP contribution < -0.4 is 0 Å². The van der Waals surface area contributed by atoms with Crippen LogP contribution in [-0.2, 0) is 13.0 Å². The minimum absolute atomic E-state index is 0.0815. The van der Waals surface area contributed by atoms with Gasteiger partial charge >= 0.3 is 0 Å². The van der Waals surface area contributed by atoms with E-state index in [1.165, 1.54) is 0 Å². The lowest BCUT2D eigenvalue weighted by atomic mass is 10.1. The summed E-state index contributed by atoms with van der Waals surface area (Å²) in [6, 6.07) is 3.59. The van der Waals surface area contributed by atoms with Gasteiger partial charge in [0.1, 0.15) is 5.75 Å². The van der Waals surface area contributed by atoms with E-state index < -0.39 is 0 Å². The molecule has 0 aliphatic rings. The summed E-state index contributed by atoms with van der Waals surface area (Å²) < 4.78 is 0. The normalized spacial score (nSPS) is 10.2. The molecular formula is C9H12O2S. The van der Waals surface area contributed by atoms with Gasteiger partial charge in [-0.15, -0.1) is 12.6 Å².